The van der Waals surface area contributed by atoms with Crippen LogP contribution in [0.4, 0.5) is 0 Å². The Kier molecular flexibility index (Phi) is 3.49. The van der Waals surface area contributed by atoms with Gasteiger partial charge in [0.05, 0.1) is 0 Å². The fourth-order valence-corrected chi connectivity index (χ4v) is 5.79. The molecule has 0 N–H and O–H groups in total. The molecule has 0 aliphatic carbocycles. The van der Waals surface area contributed by atoms with E-state index in [0.717, 1.165) is 10.8 Å². The number of halogens is 2. The van der Waals surface area contributed by atoms with Gasteiger partial charge in [0.15, 0.2) is 0 Å². The van der Waals surface area contributed by atoms with Crippen LogP contribution in [0.15, 0.2) is 78.9 Å². The Morgan fingerprint density at radius 2 is 1.16 bits per heavy atom. The molecule has 0 saturated carbocycles. The molecule has 3 heteroatoms. The smallest absolute Gasteiger partial charge is 0.144 e. The molecule has 0 saturated heterocycles. The molecule has 0 amide bonds. The highest BCUT2D eigenvalue weighted by Crippen LogP contribution is 2.38. The minimum atomic E-state index is -1.95. The van der Waals surface area contributed by atoms with Crippen LogP contribution in [-0.4, -0.2) is 7.42 Å². The van der Waals surface area contributed by atoms with E-state index in [1.165, 1.54) is 37.9 Å². The van der Waals surface area contributed by atoms with Crippen LogP contribution in [0.5, 0.6) is 0 Å². The summed E-state index contributed by atoms with van der Waals surface area (Å²) in [6.07, 6.45) is 0. The minimum absolute atomic E-state index is 1.08. The Morgan fingerprint density at radius 1 is 0.520 bits per heavy atom. The molecule has 0 atom stereocenters. The first-order chi connectivity index (χ1) is 12.2. The summed E-state index contributed by atoms with van der Waals surface area (Å²) in [4.78, 5) is 0. The van der Waals surface area contributed by atoms with Gasteiger partial charge in [-0.3, -0.25) is 0 Å². The second-order valence-electron chi connectivity index (χ2n) is 6.36. The molecule has 5 aromatic carbocycles. The molecule has 0 unspecified atom stereocenters. The molecule has 0 aliphatic rings. The van der Waals surface area contributed by atoms with Gasteiger partial charge in [-0.2, -0.15) is 0 Å². The molecular formula is C22H14Cl2Si. The Labute approximate surface area is 157 Å². The van der Waals surface area contributed by atoms with Crippen LogP contribution in [-0.2, 0) is 0 Å². The van der Waals surface area contributed by atoms with Crippen LogP contribution in [0, 0.1) is 0 Å². The Hall–Kier alpha value is -2.06. The van der Waals surface area contributed by atoms with Crippen molar-refractivity contribution in [3.63, 3.8) is 0 Å². The van der Waals surface area contributed by atoms with Gasteiger partial charge >= 0.3 is 0 Å². The zero-order valence-electron chi connectivity index (χ0n) is 13.3. The predicted octanol–water partition coefficient (Wildman–Crippen LogP) is 6.16. The second-order valence-corrected chi connectivity index (χ2v) is 10.9. The Morgan fingerprint density at radius 3 is 1.92 bits per heavy atom. The van der Waals surface area contributed by atoms with Crippen molar-refractivity contribution in [1.29, 1.82) is 0 Å². The zero-order valence-corrected chi connectivity index (χ0v) is 16.0. The van der Waals surface area contributed by atoms with Crippen molar-refractivity contribution in [3.8, 4) is 11.1 Å². The number of hydrogen-bond acceptors (Lipinski definition) is 0. The average molecular weight is 377 g/mol. The van der Waals surface area contributed by atoms with Crippen LogP contribution >= 0.6 is 22.2 Å². The fraction of sp³-hybridized carbons (Fsp3) is 0. The van der Waals surface area contributed by atoms with Crippen molar-refractivity contribution >= 4 is 67.1 Å². The molecule has 0 heterocycles. The fourth-order valence-electron chi connectivity index (χ4n) is 3.90. The van der Waals surface area contributed by atoms with Gasteiger partial charge in [0.25, 0.3) is 7.42 Å². The molecule has 0 aliphatic heterocycles. The highest BCUT2D eigenvalue weighted by molar-refractivity contribution is 7.39. The molecular weight excluding hydrogens is 363 g/mol. The summed E-state index contributed by atoms with van der Waals surface area (Å²) in [5, 5.41) is 8.84. The summed E-state index contributed by atoms with van der Waals surface area (Å²) < 4.78 is 0. The van der Waals surface area contributed by atoms with E-state index in [1.54, 1.807) is 0 Å². The van der Waals surface area contributed by atoms with Gasteiger partial charge in [-0.15, -0.1) is 22.2 Å². The predicted molar refractivity (Wildman–Crippen MR) is 114 cm³/mol. The largest absolute Gasteiger partial charge is 0.267 e. The maximum atomic E-state index is 6.37. The number of hydrogen-bond donors (Lipinski definition) is 0. The van der Waals surface area contributed by atoms with Gasteiger partial charge in [-0.25, -0.2) is 0 Å². The van der Waals surface area contributed by atoms with Gasteiger partial charge in [-0.05, 0) is 48.6 Å². The van der Waals surface area contributed by atoms with E-state index < -0.39 is 7.42 Å². The monoisotopic (exact) mass is 376 g/mol. The lowest BCUT2D eigenvalue weighted by molar-refractivity contribution is 1.70. The SMILES string of the molecule is Cl[SiH](Cl)c1ccccc1-c1ccc2ccc3cccc4ccc1c2c34. The van der Waals surface area contributed by atoms with Crippen LogP contribution < -0.4 is 5.19 Å². The summed E-state index contributed by atoms with van der Waals surface area (Å²) in [6.45, 7) is 0. The van der Waals surface area contributed by atoms with Gasteiger partial charge in [0.2, 0.25) is 0 Å². The quantitative estimate of drug-likeness (QED) is 0.196. The van der Waals surface area contributed by atoms with Crippen molar-refractivity contribution < 1.29 is 0 Å². The number of benzene rings is 5. The van der Waals surface area contributed by atoms with Crippen molar-refractivity contribution in [2.24, 2.45) is 0 Å². The normalized spacial score (nSPS) is 12.0. The van der Waals surface area contributed by atoms with E-state index in [0.29, 0.717) is 0 Å². The molecule has 5 aromatic rings. The average Bonchev–Trinajstić information content (AvgIpc) is 2.66. The molecule has 120 valence electrons. The van der Waals surface area contributed by atoms with Gasteiger partial charge < -0.3 is 0 Å². The van der Waals surface area contributed by atoms with Gasteiger partial charge in [-0.1, -0.05) is 78.9 Å². The van der Waals surface area contributed by atoms with E-state index in [4.69, 9.17) is 22.2 Å². The second kappa shape index (κ2) is 5.74. The van der Waals surface area contributed by atoms with Crippen molar-refractivity contribution in [2.45, 2.75) is 0 Å². The van der Waals surface area contributed by atoms with Crippen LogP contribution in [0.25, 0.3) is 43.4 Å². The molecule has 0 aromatic heterocycles. The van der Waals surface area contributed by atoms with Crippen molar-refractivity contribution in [3.05, 3.63) is 78.9 Å². The van der Waals surface area contributed by atoms with E-state index in [1.807, 2.05) is 6.07 Å². The molecule has 0 fully saturated rings. The molecule has 25 heavy (non-hydrogen) atoms. The van der Waals surface area contributed by atoms with Crippen molar-refractivity contribution in [2.75, 3.05) is 0 Å². The molecule has 0 nitrogen and oxygen atoms in total. The summed E-state index contributed by atoms with van der Waals surface area (Å²) in [6, 6.07) is 28.0. The van der Waals surface area contributed by atoms with E-state index in [-0.39, 0.29) is 0 Å². The zero-order chi connectivity index (χ0) is 17.0. The lowest BCUT2D eigenvalue weighted by atomic mass is 9.90. The standard InChI is InChI=1S/C22H14Cl2Si/c23-25(24)20-7-2-1-6-18(20)17-12-10-16-9-8-14-4-3-5-15-11-13-19(17)22(16)21(14)15/h1-13,25H. The van der Waals surface area contributed by atoms with E-state index in [9.17, 15) is 0 Å². The first-order valence-electron chi connectivity index (χ1n) is 8.28. The number of rotatable bonds is 2. The third-order valence-corrected chi connectivity index (χ3v) is 7.40. The first kappa shape index (κ1) is 15.2. The van der Waals surface area contributed by atoms with Gasteiger partial charge in [0.1, 0.15) is 0 Å². The Balaban J connectivity index is 1.95. The third kappa shape index (κ3) is 2.27. The highest BCUT2D eigenvalue weighted by Gasteiger charge is 2.16. The lowest BCUT2D eigenvalue weighted by Gasteiger charge is -2.16. The highest BCUT2D eigenvalue weighted by atomic mass is 35.7. The lowest BCUT2D eigenvalue weighted by Crippen LogP contribution is -2.20. The summed E-state index contributed by atoms with van der Waals surface area (Å²) in [5.74, 6) is 0. The van der Waals surface area contributed by atoms with Crippen LogP contribution in [0.3, 0.4) is 0 Å². The van der Waals surface area contributed by atoms with E-state index in [2.05, 4.69) is 72.8 Å². The minimum Gasteiger partial charge on any atom is -0.144 e. The van der Waals surface area contributed by atoms with Crippen LogP contribution in [0.1, 0.15) is 0 Å². The Bertz CT molecular complexity index is 1210. The topological polar surface area (TPSA) is 0 Å². The molecule has 0 bridgehead atoms. The summed E-state index contributed by atoms with van der Waals surface area (Å²) >= 11 is 12.7. The maximum absolute atomic E-state index is 6.37. The molecule has 0 radical (unpaired) electrons. The summed E-state index contributed by atoms with van der Waals surface area (Å²) in [5.41, 5.74) is 2.36. The van der Waals surface area contributed by atoms with Gasteiger partial charge in [0, 0.05) is 0 Å². The van der Waals surface area contributed by atoms with E-state index >= 15 is 0 Å². The summed E-state index contributed by atoms with van der Waals surface area (Å²) in [7, 11) is -1.95. The molecule has 0 spiro atoms. The van der Waals surface area contributed by atoms with Crippen molar-refractivity contribution in [1.82, 2.24) is 0 Å². The first-order valence-corrected chi connectivity index (χ1v) is 12.3. The molecule has 5 rings (SSSR count). The third-order valence-electron chi connectivity index (χ3n) is 5.01. The van der Waals surface area contributed by atoms with Crippen LogP contribution in [0.2, 0.25) is 0 Å². The maximum Gasteiger partial charge on any atom is 0.267 e.